The van der Waals surface area contributed by atoms with Gasteiger partial charge in [0.25, 0.3) is 11.7 Å². The monoisotopic (exact) mass is 450 g/mol. The first-order valence-corrected chi connectivity index (χ1v) is 10.9. The summed E-state index contributed by atoms with van der Waals surface area (Å²) in [4.78, 5) is 32.0. The van der Waals surface area contributed by atoms with Crippen molar-refractivity contribution in [2.24, 2.45) is 0 Å². The predicted octanol–water partition coefficient (Wildman–Crippen LogP) is 4.20. The number of amides is 1. The maximum absolute atomic E-state index is 13.2. The standard InChI is InChI=1S/C27H22N4O3/c1-18-22(16-29-31(18)21-12-6-3-7-13-21)25(32)23-24(20-10-4-2-5-11-20)30(27(34)26(23)33)17-19-9-8-14-28-15-19/h2-16,24,32H,17H2,1H3/b25-23+. The number of benzene rings is 2. The van der Waals surface area contributed by atoms with E-state index < -0.39 is 17.7 Å². The van der Waals surface area contributed by atoms with Crippen molar-refractivity contribution in [2.45, 2.75) is 19.5 Å². The van der Waals surface area contributed by atoms with Crippen LogP contribution in [0.4, 0.5) is 0 Å². The van der Waals surface area contributed by atoms with Gasteiger partial charge in [-0.3, -0.25) is 14.6 Å². The van der Waals surface area contributed by atoms with Crippen molar-refractivity contribution < 1.29 is 14.7 Å². The Balaban J connectivity index is 1.64. The highest BCUT2D eigenvalue weighted by Crippen LogP contribution is 2.40. The number of aromatic nitrogens is 3. The summed E-state index contributed by atoms with van der Waals surface area (Å²) in [6.45, 7) is 2.01. The van der Waals surface area contributed by atoms with Crippen LogP contribution in [0.3, 0.4) is 0 Å². The van der Waals surface area contributed by atoms with Crippen LogP contribution in [0.25, 0.3) is 11.4 Å². The largest absolute Gasteiger partial charge is 0.507 e. The number of carbonyl (C=O) groups excluding carboxylic acids is 2. The molecular weight excluding hydrogens is 428 g/mol. The van der Waals surface area contributed by atoms with E-state index in [1.165, 1.54) is 11.1 Å². The van der Waals surface area contributed by atoms with Crippen molar-refractivity contribution >= 4 is 17.4 Å². The van der Waals surface area contributed by atoms with E-state index in [2.05, 4.69) is 10.1 Å². The smallest absolute Gasteiger partial charge is 0.295 e. The Kier molecular flexibility index (Phi) is 5.51. The number of nitrogens with zero attached hydrogens (tertiary/aromatic N) is 4. The second kappa shape index (κ2) is 8.78. The molecule has 0 bridgehead atoms. The Morgan fingerprint density at radius 2 is 1.65 bits per heavy atom. The molecule has 1 aliphatic rings. The molecule has 7 nitrogen and oxygen atoms in total. The van der Waals surface area contributed by atoms with Crippen molar-refractivity contribution in [1.82, 2.24) is 19.7 Å². The molecule has 1 saturated heterocycles. The minimum absolute atomic E-state index is 0.0517. The third-order valence-electron chi connectivity index (χ3n) is 6.00. The number of likely N-dealkylation sites (tertiary alicyclic amines) is 1. The van der Waals surface area contributed by atoms with Gasteiger partial charge in [0.15, 0.2) is 0 Å². The zero-order chi connectivity index (χ0) is 23.7. The number of Topliss-reactive ketones (excluding diaryl/α,β-unsaturated/α-hetero) is 1. The van der Waals surface area contributed by atoms with Gasteiger partial charge in [0.1, 0.15) is 5.76 Å². The Morgan fingerprint density at radius 3 is 2.32 bits per heavy atom. The average molecular weight is 450 g/mol. The summed E-state index contributed by atoms with van der Waals surface area (Å²) < 4.78 is 1.69. The molecule has 0 aliphatic carbocycles. The first-order valence-electron chi connectivity index (χ1n) is 10.9. The summed E-state index contributed by atoms with van der Waals surface area (Å²) in [6.07, 6.45) is 4.84. The number of para-hydroxylation sites is 1. The SMILES string of the molecule is Cc1c(/C(O)=C2\C(=O)C(=O)N(Cc3cccnc3)C2c2ccccc2)cnn1-c1ccccc1. The number of aliphatic hydroxyl groups is 1. The summed E-state index contributed by atoms with van der Waals surface area (Å²) in [5, 5.41) is 15.8. The molecule has 1 atom stereocenters. The van der Waals surface area contributed by atoms with Crippen LogP contribution in [0.15, 0.2) is 97.0 Å². The van der Waals surface area contributed by atoms with E-state index >= 15 is 0 Å². The molecular formula is C27H22N4O3. The lowest BCUT2D eigenvalue weighted by Gasteiger charge is -2.25. The highest BCUT2D eigenvalue weighted by molar-refractivity contribution is 6.46. The highest BCUT2D eigenvalue weighted by Gasteiger charge is 2.46. The molecule has 2 aromatic carbocycles. The van der Waals surface area contributed by atoms with Crippen molar-refractivity contribution in [1.29, 1.82) is 0 Å². The van der Waals surface area contributed by atoms with Crippen molar-refractivity contribution in [3.8, 4) is 5.69 Å². The van der Waals surface area contributed by atoms with E-state index in [0.29, 0.717) is 11.3 Å². The molecule has 4 aromatic rings. The maximum atomic E-state index is 13.2. The number of pyridine rings is 1. The quantitative estimate of drug-likeness (QED) is 0.280. The number of rotatable bonds is 5. The molecule has 1 unspecified atom stereocenters. The van der Waals surface area contributed by atoms with Crippen LogP contribution in [0.5, 0.6) is 0 Å². The molecule has 1 N–H and O–H groups in total. The van der Waals surface area contributed by atoms with E-state index in [9.17, 15) is 14.7 Å². The van der Waals surface area contributed by atoms with Crippen molar-refractivity contribution in [3.63, 3.8) is 0 Å². The number of aliphatic hydroxyl groups excluding tert-OH is 1. The van der Waals surface area contributed by atoms with Gasteiger partial charge in [-0.2, -0.15) is 5.10 Å². The van der Waals surface area contributed by atoms with Crippen LogP contribution < -0.4 is 0 Å². The highest BCUT2D eigenvalue weighted by atomic mass is 16.3. The summed E-state index contributed by atoms with van der Waals surface area (Å²) in [5.74, 6) is -1.62. The summed E-state index contributed by atoms with van der Waals surface area (Å²) in [5.41, 5.74) is 3.48. The zero-order valence-electron chi connectivity index (χ0n) is 18.5. The molecule has 0 saturated carbocycles. The van der Waals surface area contributed by atoms with Crippen LogP contribution in [-0.4, -0.2) is 36.5 Å². The minimum atomic E-state index is -0.735. The van der Waals surface area contributed by atoms with Gasteiger partial charge in [0, 0.05) is 18.9 Å². The average Bonchev–Trinajstić information content (AvgIpc) is 3.38. The number of carbonyl (C=O) groups is 2. The van der Waals surface area contributed by atoms with Gasteiger partial charge in [0.05, 0.1) is 34.8 Å². The zero-order valence-corrected chi connectivity index (χ0v) is 18.5. The van der Waals surface area contributed by atoms with Crippen LogP contribution in [0, 0.1) is 6.92 Å². The molecule has 1 fully saturated rings. The molecule has 0 radical (unpaired) electrons. The van der Waals surface area contributed by atoms with Crippen molar-refractivity contribution in [3.05, 3.63) is 119 Å². The Labute approximate surface area is 196 Å². The summed E-state index contributed by atoms with van der Waals surface area (Å²) in [7, 11) is 0. The molecule has 168 valence electrons. The fourth-order valence-corrected chi connectivity index (χ4v) is 4.33. The fourth-order valence-electron chi connectivity index (χ4n) is 4.33. The van der Waals surface area contributed by atoms with Crippen molar-refractivity contribution in [2.75, 3.05) is 0 Å². The predicted molar refractivity (Wildman–Crippen MR) is 127 cm³/mol. The molecule has 1 aliphatic heterocycles. The second-order valence-electron chi connectivity index (χ2n) is 8.09. The first kappa shape index (κ1) is 21.3. The third kappa shape index (κ3) is 3.67. The van der Waals surface area contributed by atoms with Crippen LogP contribution in [0.2, 0.25) is 0 Å². The van der Waals surface area contributed by atoms with Crippen LogP contribution in [0.1, 0.15) is 28.4 Å². The lowest BCUT2D eigenvalue weighted by Crippen LogP contribution is -2.29. The van der Waals surface area contributed by atoms with Gasteiger partial charge in [-0.1, -0.05) is 54.6 Å². The van der Waals surface area contributed by atoms with E-state index in [0.717, 1.165) is 16.8 Å². The van der Waals surface area contributed by atoms with Gasteiger partial charge in [0.2, 0.25) is 0 Å². The molecule has 3 heterocycles. The topological polar surface area (TPSA) is 88.3 Å². The first-order chi connectivity index (χ1) is 16.6. The normalized spacial score (nSPS) is 17.3. The van der Waals surface area contributed by atoms with Gasteiger partial charge >= 0.3 is 0 Å². The van der Waals surface area contributed by atoms with Gasteiger partial charge in [-0.05, 0) is 36.2 Å². The molecule has 5 rings (SSSR count). The van der Waals surface area contributed by atoms with Gasteiger partial charge < -0.3 is 10.0 Å². The molecule has 7 heteroatoms. The minimum Gasteiger partial charge on any atom is -0.507 e. The number of hydrogen-bond acceptors (Lipinski definition) is 5. The fraction of sp³-hybridized carbons (Fsp3) is 0.111. The van der Waals surface area contributed by atoms with E-state index in [1.807, 2.05) is 73.7 Å². The number of ketones is 1. The van der Waals surface area contributed by atoms with E-state index in [4.69, 9.17) is 0 Å². The third-order valence-corrected chi connectivity index (χ3v) is 6.00. The Morgan fingerprint density at radius 1 is 0.941 bits per heavy atom. The Bertz CT molecular complexity index is 1380. The summed E-state index contributed by atoms with van der Waals surface area (Å²) >= 11 is 0. The van der Waals surface area contributed by atoms with Crippen LogP contribution in [-0.2, 0) is 16.1 Å². The van der Waals surface area contributed by atoms with Crippen LogP contribution >= 0.6 is 0 Å². The molecule has 34 heavy (non-hydrogen) atoms. The Hall–Kier alpha value is -4.52. The lowest BCUT2D eigenvalue weighted by molar-refractivity contribution is -0.140. The summed E-state index contributed by atoms with van der Waals surface area (Å²) in [6, 6.07) is 21.7. The van der Waals surface area contributed by atoms with E-state index in [1.54, 1.807) is 23.1 Å². The second-order valence-corrected chi connectivity index (χ2v) is 8.09. The van der Waals surface area contributed by atoms with Gasteiger partial charge in [-0.25, -0.2) is 4.68 Å². The molecule has 2 aromatic heterocycles. The van der Waals surface area contributed by atoms with E-state index in [-0.39, 0.29) is 17.9 Å². The lowest BCUT2D eigenvalue weighted by atomic mass is 9.95. The molecule has 0 spiro atoms. The van der Waals surface area contributed by atoms with Gasteiger partial charge in [-0.15, -0.1) is 0 Å². The number of hydrogen-bond donors (Lipinski definition) is 1. The maximum Gasteiger partial charge on any atom is 0.295 e. The molecule has 1 amide bonds.